The maximum Gasteiger partial charge on any atom is 0.219 e. The monoisotopic (exact) mass is 237 g/mol. The highest BCUT2D eigenvalue weighted by atomic mass is 16.6. The van der Waals surface area contributed by atoms with Gasteiger partial charge in [0.25, 0.3) is 0 Å². The molecule has 0 saturated carbocycles. The summed E-state index contributed by atoms with van der Waals surface area (Å²) in [6.07, 6.45) is -6.70. The van der Waals surface area contributed by atoms with E-state index in [0.717, 1.165) is 6.92 Å². The molecule has 1 aliphatic heterocycles. The zero-order chi connectivity index (χ0) is 12.5. The SMILES string of the molecule is CC(=O)N[C@]1(O)[C@@H](O)O[C@H](CO)[C@H](O)[C@@H]1O. The molecule has 1 saturated heterocycles. The predicted octanol–water partition coefficient (Wildman–Crippen LogP) is -3.76. The van der Waals surface area contributed by atoms with Crippen LogP contribution >= 0.6 is 0 Å². The van der Waals surface area contributed by atoms with Crippen molar-refractivity contribution in [1.82, 2.24) is 5.32 Å². The lowest BCUT2D eigenvalue weighted by Gasteiger charge is -2.45. The first kappa shape index (κ1) is 13.3. The minimum Gasteiger partial charge on any atom is -0.394 e. The molecule has 1 heterocycles. The average molecular weight is 237 g/mol. The first-order valence-corrected chi connectivity index (χ1v) is 4.64. The third-order valence-corrected chi connectivity index (χ3v) is 2.39. The lowest BCUT2D eigenvalue weighted by molar-refractivity contribution is -0.335. The van der Waals surface area contributed by atoms with Gasteiger partial charge in [0.05, 0.1) is 6.61 Å². The van der Waals surface area contributed by atoms with Crippen molar-refractivity contribution in [3.63, 3.8) is 0 Å². The van der Waals surface area contributed by atoms with Gasteiger partial charge in [0, 0.05) is 6.92 Å². The third kappa shape index (κ3) is 2.17. The molecule has 0 unspecified atom stereocenters. The number of carbonyl (C=O) groups excluding carboxylic acids is 1. The Labute approximate surface area is 91.1 Å². The summed E-state index contributed by atoms with van der Waals surface area (Å²) in [5, 5.41) is 48.8. The summed E-state index contributed by atoms with van der Waals surface area (Å²) in [6, 6.07) is 0. The van der Waals surface area contributed by atoms with E-state index in [-0.39, 0.29) is 0 Å². The molecule has 1 aliphatic rings. The molecule has 0 spiro atoms. The van der Waals surface area contributed by atoms with E-state index in [2.05, 4.69) is 4.74 Å². The Kier molecular flexibility index (Phi) is 3.84. The Hall–Kier alpha value is -0.770. The number of rotatable bonds is 2. The molecule has 1 fully saturated rings. The van der Waals surface area contributed by atoms with Crippen LogP contribution < -0.4 is 5.32 Å². The average Bonchev–Trinajstić information content (AvgIpc) is 2.20. The van der Waals surface area contributed by atoms with Gasteiger partial charge < -0.3 is 35.6 Å². The van der Waals surface area contributed by atoms with Gasteiger partial charge in [0.2, 0.25) is 17.9 Å². The number of carbonyl (C=O) groups is 1. The molecule has 8 nitrogen and oxygen atoms in total. The van der Waals surface area contributed by atoms with E-state index in [1.807, 2.05) is 5.32 Å². The molecule has 0 aliphatic carbocycles. The second kappa shape index (κ2) is 4.62. The van der Waals surface area contributed by atoms with Gasteiger partial charge in [0.1, 0.15) is 18.3 Å². The molecule has 1 amide bonds. The Morgan fingerprint density at radius 3 is 2.44 bits per heavy atom. The van der Waals surface area contributed by atoms with E-state index >= 15 is 0 Å². The normalized spacial score (nSPS) is 44.1. The Morgan fingerprint density at radius 1 is 1.44 bits per heavy atom. The molecule has 8 heteroatoms. The summed E-state index contributed by atoms with van der Waals surface area (Å²) in [5.74, 6) is -0.723. The van der Waals surface area contributed by atoms with Crippen molar-refractivity contribution < 1.29 is 35.1 Å². The van der Waals surface area contributed by atoms with Crippen LogP contribution in [0.15, 0.2) is 0 Å². The predicted molar refractivity (Wildman–Crippen MR) is 48.7 cm³/mol. The second-order valence-electron chi connectivity index (χ2n) is 3.65. The van der Waals surface area contributed by atoms with Crippen molar-refractivity contribution in [3.05, 3.63) is 0 Å². The van der Waals surface area contributed by atoms with Crippen molar-refractivity contribution in [2.75, 3.05) is 6.61 Å². The first-order valence-electron chi connectivity index (χ1n) is 4.64. The fourth-order valence-electron chi connectivity index (χ4n) is 1.53. The highest BCUT2D eigenvalue weighted by Gasteiger charge is 2.55. The smallest absolute Gasteiger partial charge is 0.219 e. The third-order valence-electron chi connectivity index (χ3n) is 2.39. The Morgan fingerprint density at radius 2 is 2.00 bits per heavy atom. The standard InChI is InChI=1S/C8H15NO7/c1-3(11)9-8(15)6(13)5(12)4(2-10)16-7(8)14/h4-7,10,12-15H,2H2,1H3,(H,9,11)/t4-,5+,6+,7+,8-/m1/s1. The second-order valence-corrected chi connectivity index (χ2v) is 3.65. The molecule has 0 bridgehead atoms. The molecule has 0 aromatic heterocycles. The number of nitrogens with one attached hydrogen (secondary N) is 1. The molecule has 16 heavy (non-hydrogen) atoms. The molecule has 0 aromatic rings. The molecular weight excluding hydrogens is 222 g/mol. The van der Waals surface area contributed by atoms with Gasteiger partial charge >= 0.3 is 0 Å². The molecular formula is C8H15NO7. The highest BCUT2D eigenvalue weighted by Crippen LogP contribution is 2.26. The minimum absolute atomic E-state index is 0.647. The summed E-state index contributed by atoms with van der Waals surface area (Å²) in [7, 11) is 0. The summed E-state index contributed by atoms with van der Waals surface area (Å²) in [4.78, 5) is 10.8. The number of hydrogen-bond donors (Lipinski definition) is 6. The van der Waals surface area contributed by atoms with Crippen molar-refractivity contribution in [2.45, 2.75) is 37.3 Å². The number of aliphatic hydroxyl groups is 5. The zero-order valence-electron chi connectivity index (χ0n) is 8.57. The van der Waals surface area contributed by atoms with Crippen molar-refractivity contribution in [3.8, 4) is 0 Å². The van der Waals surface area contributed by atoms with E-state index in [1.54, 1.807) is 0 Å². The first-order chi connectivity index (χ1) is 7.32. The molecule has 5 atom stereocenters. The van der Waals surface area contributed by atoms with Crippen molar-refractivity contribution in [1.29, 1.82) is 0 Å². The van der Waals surface area contributed by atoms with Crippen LogP contribution in [-0.4, -0.2) is 68.4 Å². The fourth-order valence-corrected chi connectivity index (χ4v) is 1.53. The maximum atomic E-state index is 10.8. The zero-order valence-corrected chi connectivity index (χ0v) is 8.57. The molecule has 0 radical (unpaired) electrons. The minimum atomic E-state index is -2.50. The molecule has 6 N–H and O–H groups in total. The van der Waals surface area contributed by atoms with E-state index < -0.39 is 42.8 Å². The van der Waals surface area contributed by atoms with Gasteiger partial charge in [-0.25, -0.2) is 0 Å². The molecule has 0 aromatic carbocycles. The van der Waals surface area contributed by atoms with Gasteiger partial charge in [-0.05, 0) is 0 Å². The van der Waals surface area contributed by atoms with Gasteiger partial charge in [-0.2, -0.15) is 0 Å². The quantitative estimate of drug-likeness (QED) is 0.271. The number of amides is 1. The van der Waals surface area contributed by atoms with E-state index in [1.165, 1.54) is 0 Å². The lowest BCUT2D eigenvalue weighted by Crippen LogP contribution is -2.73. The maximum absolute atomic E-state index is 10.8. The van der Waals surface area contributed by atoms with Crippen molar-refractivity contribution in [2.24, 2.45) is 0 Å². The van der Waals surface area contributed by atoms with Crippen LogP contribution in [0.1, 0.15) is 6.92 Å². The van der Waals surface area contributed by atoms with E-state index in [4.69, 9.17) is 5.11 Å². The lowest BCUT2D eigenvalue weighted by atomic mass is 9.93. The molecule has 94 valence electrons. The Bertz CT molecular complexity index is 273. The van der Waals surface area contributed by atoms with Crippen LogP contribution in [-0.2, 0) is 9.53 Å². The van der Waals surface area contributed by atoms with Gasteiger partial charge in [-0.3, -0.25) is 4.79 Å². The van der Waals surface area contributed by atoms with E-state index in [9.17, 15) is 25.2 Å². The van der Waals surface area contributed by atoms with Crippen LogP contribution in [0.3, 0.4) is 0 Å². The summed E-state index contributed by atoms with van der Waals surface area (Å²) < 4.78 is 4.67. The van der Waals surface area contributed by atoms with Gasteiger partial charge in [-0.1, -0.05) is 0 Å². The summed E-state index contributed by atoms with van der Waals surface area (Å²) >= 11 is 0. The Balaban J connectivity index is 2.90. The summed E-state index contributed by atoms with van der Waals surface area (Å²) in [5.41, 5.74) is -2.50. The van der Waals surface area contributed by atoms with Gasteiger partial charge in [0.15, 0.2) is 0 Å². The van der Waals surface area contributed by atoms with E-state index in [0.29, 0.717) is 0 Å². The van der Waals surface area contributed by atoms with Crippen LogP contribution in [0, 0.1) is 0 Å². The highest BCUT2D eigenvalue weighted by molar-refractivity contribution is 5.73. The molecule has 1 rings (SSSR count). The van der Waals surface area contributed by atoms with Crippen LogP contribution in [0.5, 0.6) is 0 Å². The van der Waals surface area contributed by atoms with Gasteiger partial charge in [-0.15, -0.1) is 0 Å². The largest absolute Gasteiger partial charge is 0.394 e. The number of ether oxygens (including phenoxy) is 1. The van der Waals surface area contributed by atoms with Crippen LogP contribution in [0.2, 0.25) is 0 Å². The fraction of sp³-hybridized carbons (Fsp3) is 0.875. The van der Waals surface area contributed by atoms with Crippen molar-refractivity contribution >= 4 is 5.91 Å². The van der Waals surface area contributed by atoms with Crippen LogP contribution in [0.4, 0.5) is 0 Å². The summed E-state index contributed by atoms with van der Waals surface area (Å²) in [6.45, 7) is 0.410. The van der Waals surface area contributed by atoms with Crippen LogP contribution in [0.25, 0.3) is 0 Å². The number of aliphatic hydroxyl groups excluding tert-OH is 4. The topological polar surface area (TPSA) is 139 Å². The number of hydrogen-bond acceptors (Lipinski definition) is 7.